The zero-order valence-corrected chi connectivity index (χ0v) is 10.9. The fraction of sp³-hybridized carbons (Fsp3) is 0.750. The van der Waals surface area contributed by atoms with Crippen molar-refractivity contribution in [3.8, 4) is 0 Å². The Morgan fingerprint density at radius 3 is 2.73 bits per heavy atom. The van der Waals surface area contributed by atoms with Crippen molar-refractivity contribution in [2.75, 3.05) is 5.75 Å². The molecule has 0 saturated carbocycles. The van der Waals surface area contributed by atoms with Crippen LogP contribution in [-0.2, 0) is 13.0 Å². The highest BCUT2D eigenvalue weighted by Gasteiger charge is 2.13. The third-order valence-corrected chi connectivity index (χ3v) is 3.35. The summed E-state index contributed by atoms with van der Waals surface area (Å²) in [5, 5.41) is 0. The van der Waals surface area contributed by atoms with Gasteiger partial charge in [0.15, 0.2) is 0 Å². The Balaban J connectivity index is 2.65. The number of thiol groups is 1. The lowest BCUT2D eigenvalue weighted by Crippen LogP contribution is -2.19. The number of aryl methyl sites for hydroxylation is 1. The van der Waals surface area contributed by atoms with E-state index in [0.29, 0.717) is 11.8 Å². The molecule has 0 spiro atoms. The zero-order chi connectivity index (χ0) is 11.3. The third kappa shape index (κ3) is 3.56. The number of hydrogen-bond acceptors (Lipinski definition) is 2. The van der Waals surface area contributed by atoms with Crippen LogP contribution in [0.25, 0.3) is 0 Å². The van der Waals surface area contributed by atoms with Gasteiger partial charge in [-0.1, -0.05) is 20.8 Å². The van der Waals surface area contributed by atoms with Gasteiger partial charge < -0.3 is 4.57 Å². The van der Waals surface area contributed by atoms with Gasteiger partial charge in [0.05, 0.1) is 0 Å². The molecule has 86 valence electrons. The van der Waals surface area contributed by atoms with Gasteiger partial charge in [0.1, 0.15) is 5.82 Å². The summed E-state index contributed by atoms with van der Waals surface area (Å²) in [7, 11) is 0. The summed E-state index contributed by atoms with van der Waals surface area (Å²) in [6, 6.07) is 0. The molecule has 0 aliphatic carbocycles. The van der Waals surface area contributed by atoms with Gasteiger partial charge in [0.25, 0.3) is 0 Å². The molecule has 0 aliphatic rings. The van der Waals surface area contributed by atoms with E-state index in [4.69, 9.17) is 0 Å². The molecule has 1 aromatic heterocycles. The van der Waals surface area contributed by atoms with Crippen LogP contribution in [0.15, 0.2) is 12.4 Å². The van der Waals surface area contributed by atoms with E-state index in [0.717, 1.165) is 25.1 Å². The molecule has 0 amide bonds. The molecule has 0 fully saturated rings. The number of hydrogen-bond donors (Lipinski definition) is 1. The Morgan fingerprint density at radius 2 is 2.20 bits per heavy atom. The van der Waals surface area contributed by atoms with Crippen molar-refractivity contribution < 1.29 is 0 Å². The monoisotopic (exact) mass is 226 g/mol. The molecule has 1 unspecified atom stereocenters. The Morgan fingerprint density at radius 1 is 1.47 bits per heavy atom. The van der Waals surface area contributed by atoms with Crippen molar-refractivity contribution in [1.82, 2.24) is 9.55 Å². The van der Waals surface area contributed by atoms with Crippen molar-refractivity contribution in [3.05, 3.63) is 18.2 Å². The fourth-order valence-electron chi connectivity index (χ4n) is 1.69. The third-order valence-electron chi connectivity index (χ3n) is 2.88. The van der Waals surface area contributed by atoms with Crippen LogP contribution in [0.5, 0.6) is 0 Å². The molecule has 2 nitrogen and oxygen atoms in total. The van der Waals surface area contributed by atoms with Gasteiger partial charge in [-0.2, -0.15) is 12.6 Å². The first-order valence-electron chi connectivity index (χ1n) is 5.79. The Hall–Kier alpha value is -0.440. The SMILES string of the molecule is CCCc1nccn1CC(CS)C(C)C. The standard InChI is InChI=1S/C12H22N2S/c1-4-5-12-13-6-7-14(12)8-11(9-15)10(2)3/h6-7,10-11,15H,4-5,8-9H2,1-3H3. The van der Waals surface area contributed by atoms with Crippen LogP contribution in [0.2, 0.25) is 0 Å². The molecule has 15 heavy (non-hydrogen) atoms. The van der Waals surface area contributed by atoms with E-state index in [1.54, 1.807) is 0 Å². The van der Waals surface area contributed by atoms with Crippen molar-refractivity contribution in [2.24, 2.45) is 11.8 Å². The second kappa shape index (κ2) is 6.21. The van der Waals surface area contributed by atoms with Gasteiger partial charge in [0.2, 0.25) is 0 Å². The predicted octanol–water partition coefficient (Wildman–Crippen LogP) is 3.04. The molecule has 0 N–H and O–H groups in total. The lowest BCUT2D eigenvalue weighted by molar-refractivity contribution is 0.366. The van der Waals surface area contributed by atoms with Crippen LogP contribution in [0.4, 0.5) is 0 Å². The molecular weight excluding hydrogens is 204 g/mol. The number of nitrogens with zero attached hydrogens (tertiary/aromatic N) is 2. The van der Waals surface area contributed by atoms with Crippen molar-refractivity contribution in [2.45, 2.75) is 40.2 Å². The molecule has 0 radical (unpaired) electrons. The lowest BCUT2D eigenvalue weighted by atomic mass is 9.98. The molecule has 1 rings (SSSR count). The van der Waals surface area contributed by atoms with Crippen LogP contribution < -0.4 is 0 Å². The topological polar surface area (TPSA) is 17.8 Å². The van der Waals surface area contributed by atoms with Crippen LogP contribution in [0.1, 0.15) is 33.0 Å². The molecule has 1 aromatic rings. The Labute approximate surface area is 98.5 Å². The first-order valence-corrected chi connectivity index (χ1v) is 6.43. The first-order chi connectivity index (χ1) is 7.19. The lowest BCUT2D eigenvalue weighted by Gasteiger charge is -2.20. The quantitative estimate of drug-likeness (QED) is 0.738. The average molecular weight is 226 g/mol. The zero-order valence-electron chi connectivity index (χ0n) is 9.98. The minimum atomic E-state index is 0.637. The van der Waals surface area contributed by atoms with Crippen LogP contribution in [-0.4, -0.2) is 15.3 Å². The summed E-state index contributed by atoms with van der Waals surface area (Å²) in [6.07, 6.45) is 6.22. The smallest absolute Gasteiger partial charge is 0.108 e. The summed E-state index contributed by atoms with van der Waals surface area (Å²) >= 11 is 4.42. The van der Waals surface area contributed by atoms with Crippen molar-refractivity contribution >= 4 is 12.6 Å². The molecule has 1 heterocycles. The maximum absolute atomic E-state index is 4.42. The summed E-state index contributed by atoms with van der Waals surface area (Å²) < 4.78 is 2.28. The summed E-state index contributed by atoms with van der Waals surface area (Å²) in [6.45, 7) is 7.77. The molecule has 0 bridgehead atoms. The van der Waals surface area contributed by atoms with Gasteiger partial charge in [-0.3, -0.25) is 0 Å². The maximum atomic E-state index is 4.42. The normalized spacial score (nSPS) is 13.4. The predicted molar refractivity (Wildman–Crippen MR) is 68.4 cm³/mol. The van der Waals surface area contributed by atoms with Gasteiger partial charge >= 0.3 is 0 Å². The van der Waals surface area contributed by atoms with Crippen molar-refractivity contribution in [3.63, 3.8) is 0 Å². The van der Waals surface area contributed by atoms with E-state index < -0.39 is 0 Å². The van der Waals surface area contributed by atoms with E-state index >= 15 is 0 Å². The largest absolute Gasteiger partial charge is 0.335 e. The molecule has 0 aliphatic heterocycles. The van der Waals surface area contributed by atoms with Crippen LogP contribution >= 0.6 is 12.6 Å². The maximum Gasteiger partial charge on any atom is 0.108 e. The number of imidazole rings is 1. The van der Waals surface area contributed by atoms with E-state index in [2.05, 4.69) is 49.1 Å². The second-order valence-corrected chi connectivity index (χ2v) is 4.80. The second-order valence-electron chi connectivity index (χ2n) is 4.43. The molecular formula is C12H22N2S. The van der Waals surface area contributed by atoms with Gasteiger partial charge in [-0.15, -0.1) is 0 Å². The average Bonchev–Trinajstić information content (AvgIpc) is 2.62. The first kappa shape index (κ1) is 12.6. The van der Waals surface area contributed by atoms with E-state index in [-0.39, 0.29) is 0 Å². The Kier molecular flexibility index (Phi) is 5.23. The fourth-order valence-corrected chi connectivity index (χ4v) is 2.23. The Bertz CT molecular complexity index is 281. The van der Waals surface area contributed by atoms with Gasteiger partial charge in [-0.25, -0.2) is 4.98 Å². The summed E-state index contributed by atoms with van der Waals surface area (Å²) in [5.41, 5.74) is 0. The summed E-state index contributed by atoms with van der Waals surface area (Å²) in [4.78, 5) is 4.39. The van der Waals surface area contributed by atoms with E-state index in [1.165, 1.54) is 5.82 Å². The number of rotatable bonds is 6. The minimum Gasteiger partial charge on any atom is -0.335 e. The molecule has 3 heteroatoms. The van der Waals surface area contributed by atoms with Crippen LogP contribution in [0.3, 0.4) is 0 Å². The molecule has 1 atom stereocenters. The molecule has 0 saturated heterocycles. The van der Waals surface area contributed by atoms with Gasteiger partial charge in [0, 0.05) is 25.4 Å². The number of aromatic nitrogens is 2. The molecule has 0 aromatic carbocycles. The highest BCUT2D eigenvalue weighted by Crippen LogP contribution is 2.16. The minimum absolute atomic E-state index is 0.637. The highest BCUT2D eigenvalue weighted by molar-refractivity contribution is 7.80. The van der Waals surface area contributed by atoms with Crippen molar-refractivity contribution in [1.29, 1.82) is 0 Å². The van der Waals surface area contributed by atoms with Gasteiger partial charge in [-0.05, 0) is 24.0 Å². The summed E-state index contributed by atoms with van der Waals surface area (Å²) in [5.74, 6) is 3.48. The van der Waals surface area contributed by atoms with E-state index in [9.17, 15) is 0 Å². The highest BCUT2D eigenvalue weighted by atomic mass is 32.1. The van der Waals surface area contributed by atoms with Crippen LogP contribution in [0, 0.1) is 11.8 Å². The van der Waals surface area contributed by atoms with E-state index in [1.807, 2.05) is 6.20 Å².